The Hall–Kier alpha value is -2.68. The molecule has 0 unspecified atom stereocenters. The van der Waals surface area contributed by atoms with Crippen molar-refractivity contribution in [1.82, 2.24) is 0 Å². The normalized spacial score (nSPS) is 11.2. The second kappa shape index (κ2) is 8.59. The molecule has 1 amide bonds. The predicted molar refractivity (Wildman–Crippen MR) is 113 cm³/mol. The maximum absolute atomic E-state index is 14.0. The van der Waals surface area contributed by atoms with E-state index in [4.69, 9.17) is 23.2 Å². The van der Waals surface area contributed by atoms with Gasteiger partial charge in [0.2, 0.25) is 0 Å². The molecule has 0 bridgehead atoms. The molecule has 0 spiro atoms. The number of hydrogen-bond acceptors (Lipinski definition) is 3. The molecule has 5 nitrogen and oxygen atoms in total. The summed E-state index contributed by atoms with van der Waals surface area (Å²) < 4.78 is 53.9. The van der Waals surface area contributed by atoms with E-state index >= 15 is 0 Å². The molecule has 0 aliphatic carbocycles. The summed E-state index contributed by atoms with van der Waals surface area (Å²) in [6, 6.07) is 12.1. The van der Waals surface area contributed by atoms with Crippen LogP contribution in [0.2, 0.25) is 10.0 Å². The molecule has 3 aromatic rings. The zero-order valence-electron chi connectivity index (χ0n) is 15.4. The molecule has 0 aromatic heterocycles. The lowest BCUT2D eigenvalue weighted by molar-refractivity contribution is 0.102. The highest BCUT2D eigenvalue weighted by atomic mass is 35.5. The highest BCUT2D eigenvalue weighted by Gasteiger charge is 2.24. The number of amides is 1. The van der Waals surface area contributed by atoms with E-state index in [1.54, 1.807) is 0 Å². The van der Waals surface area contributed by atoms with E-state index in [0.717, 1.165) is 28.6 Å². The Labute approximate surface area is 181 Å². The number of carbonyl (C=O) groups excluding carboxylic acids is 1. The molecule has 0 aliphatic heterocycles. The third-order valence-electron chi connectivity index (χ3n) is 4.21. The van der Waals surface area contributed by atoms with Crippen LogP contribution in [0.25, 0.3) is 0 Å². The smallest absolute Gasteiger partial charge is 0.264 e. The van der Waals surface area contributed by atoms with Gasteiger partial charge in [-0.25, -0.2) is 17.2 Å². The minimum absolute atomic E-state index is 0.0229. The summed E-state index contributed by atoms with van der Waals surface area (Å²) >= 11 is 11.8. The van der Waals surface area contributed by atoms with Crippen molar-refractivity contribution in [3.63, 3.8) is 0 Å². The highest BCUT2D eigenvalue weighted by Crippen LogP contribution is 2.27. The van der Waals surface area contributed by atoms with Crippen molar-refractivity contribution in [3.05, 3.63) is 87.9 Å². The molecule has 0 radical (unpaired) electrons. The monoisotopic (exact) mass is 470 g/mol. The fourth-order valence-corrected chi connectivity index (χ4v) is 4.15. The predicted octanol–water partition coefficient (Wildman–Crippen LogP) is 5.35. The summed E-state index contributed by atoms with van der Waals surface area (Å²) in [5.74, 6) is -2.07. The Morgan fingerprint density at radius 3 is 2.27 bits per heavy atom. The first-order valence-electron chi connectivity index (χ1n) is 8.40. The van der Waals surface area contributed by atoms with Gasteiger partial charge in [0.15, 0.2) is 0 Å². The van der Waals surface area contributed by atoms with Gasteiger partial charge in [0, 0.05) is 12.1 Å². The van der Waals surface area contributed by atoms with Crippen molar-refractivity contribution in [2.45, 2.75) is 4.90 Å². The van der Waals surface area contributed by atoms with Crippen LogP contribution < -0.4 is 9.62 Å². The molecule has 30 heavy (non-hydrogen) atoms. The zero-order chi connectivity index (χ0) is 22.1. The third kappa shape index (κ3) is 4.56. The second-order valence-corrected chi connectivity index (χ2v) is 8.98. The first-order valence-corrected chi connectivity index (χ1v) is 10.6. The Kier molecular flexibility index (Phi) is 6.30. The maximum atomic E-state index is 14.0. The first kappa shape index (κ1) is 22.0. The van der Waals surface area contributed by atoms with Crippen LogP contribution in [0.1, 0.15) is 10.4 Å². The third-order valence-corrected chi connectivity index (χ3v) is 6.56. The lowest BCUT2D eigenvalue weighted by atomic mass is 10.2. The van der Waals surface area contributed by atoms with Gasteiger partial charge in [0.1, 0.15) is 11.6 Å². The lowest BCUT2D eigenvalue weighted by Gasteiger charge is -2.20. The number of nitrogens with one attached hydrogen (secondary N) is 1. The molecule has 3 rings (SSSR count). The largest absolute Gasteiger partial charge is 0.319 e. The van der Waals surface area contributed by atoms with E-state index in [-0.39, 0.29) is 31.9 Å². The van der Waals surface area contributed by atoms with Crippen LogP contribution in [0.5, 0.6) is 0 Å². The fraction of sp³-hybridized carbons (Fsp3) is 0.0500. The molecular formula is C20H14Cl2F2N2O3S. The van der Waals surface area contributed by atoms with Crippen molar-refractivity contribution in [2.75, 3.05) is 16.7 Å². The lowest BCUT2D eigenvalue weighted by Crippen LogP contribution is -2.27. The first-order chi connectivity index (χ1) is 14.1. The Morgan fingerprint density at radius 1 is 0.967 bits per heavy atom. The summed E-state index contributed by atoms with van der Waals surface area (Å²) in [7, 11) is -2.79. The topological polar surface area (TPSA) is 66.5 Å². The second-order valence-electron chi connectivity index (χ2n) is 6.17. The quantitative estimate of drug-likeness (QED) is 0.546. The summed E-state index contributed by atoms with van der Waals surface area (Å²) in [6.45, 7) is 0. The van der Waals surface area contributed by atoms with E-state index in [1.807, 2.05) is 0 Å². The number of hydrogen-bond donors (Lipinski definition) is 1. The molecule has 1 N–H and O–H groups in total. The van der Waals surface area contributed by atoms with Gasteiger partial charge in [-0.05, 0) is 60.7 Å². The summed E-state index contributed by atoms with van der Waals surface area (Å²) in [5, 5.41) is 2.46. The molecular weight excluding hydrogens is 457 g/mol. The van der Waals surface area contributed by atoms with Gasteiger partial charge in [-0.1, -0.05) is 23.2 Å². The molecule has 10 heteroatoms. The minimum Gasteiger partial charge on any atom is -0.319 e. The van der Waals surface area contributed by atoms with Crippen LogP contribution >= 0.6 is 23.2 Å². The molecule has 0 atom stereocenters. The average molecular weight is 471 g/mol. The molecule has 0 fully saturated rings. The Morgan fingerprint density at radius 2 is 1.63 bits per heavy atom. The molecule has 3 aromatic carbocycles. The number of benzene rings is 3. The fourth-order valence-electron chi connectivity index (χ4n) is 2.57. The van der Waals surface area contributed by atoms with Crippen molar-refractivity contribution >= 4 is 50.5 Å². The van der Waals surface area contributed by atoms with E-state index in [1.165, 1.54) is 43.4 Å². The van der Waals surface area contributed by atoms with Crippen molar-refractivity contribution in [3.8, 4) is 0 Å². The SMILES string of the molecule is CN(c1ccc(F)cc1)S(=O)(=O)c1ccc(Cl)c(C(=O)Nc2ccc(Cl)cc2F)c1. The van der Waals surface area contributed by atoms with Crippen LogP contribution in [0.4, 0.5) is 20.2 Å². The average Bonchev–Trinajstić information content (AvgIpc) is 2.70. The summed E-state index contributed by atoms with van der Waals surface area (Å²) in [5.41, 5.74) is -0.0858. The summed E-state index contributed by atoms with van der Waals surface area (Å²) in [4.78, 5) is 12.4. The minimum atomic E-state index is -4.08. The number of sulfonamides is 1. The van der Waals surface area contributed by atoms with Crippen LogP contribution in [-0.4, -0.2) is 21.4 Å². The van der Waals surface area contributed by atoms with Crippen LogP contribution in [-0.2, 0) is 10.0 Å². The van der Waals surface area contributed by atoms with Crippen LogP contribution in [0, 0.1) is 11.6 Å². The molecule has 156 valence electrons. The maximum Gasteiger partial charge on any atom is 0.264 e. The molecule has 0 heterocycles. The number of anilines is 2. The Balaban J connectivity index is 1.93. The number of halogens is 4. The van der Waals surface area contributed by atoms with Gasteiger partial charge >= 0.3 is 0 Å². The van der Waals surface area contributed by atoms with E-state index < -0.39 is 27.6 Å². The molecule has 0 aliphatic rings. The zero-order valence-corrected chi connectivity index (χ0v) is 17.7. The van der Waals surface area contributed by atoms with E-state index in [0.29, 0.717) is 0 Å². The Bertz CT molecular complexity index is 1220. The van der Waals surface area contributed by atoms with Gasteiger partial charge in [0.05, 0.1) is 26.9 Å². The van der Waals surface area contributed by atoms with Gasteiger partial charge in [0.25, 0.3) is 15.9 Å². The van der Waals surface area contributed by atoms with Crippen molar-refractivity contribution < 1.29 is 22.0 Å². The highest BCUT2D eigenvalue weighted by molar-refractivity contribution is 7.92. The van der Waals surface area contributed by atoms with Gasteiger partial charge < -0.3 is 5.32 Å². The van der Waals surface area contributed by atoms with Crippen LogP contribution in [0.3, 0.4) is 0 Å². The van der Waals surface area contributed by atoms with Crippen molar-refractivity contribution in [1.29, 1.82) is 0 Å². The van der Waals surface area contributed by atoms with Crippen molar-refractivity contribution in [2.24, 2.45) is 0 Å². The van der Waals surface area contributed by atoms with Gasteiger partial charge in [-0.3, -0.25) is 9.10 Å². The number of rotatable bonds is 5. The number of carbonyl (C=O) groups is 1. The number of nitrogens with zero attached hydrogens (tertiary/aromatic N) is 1. The molecule has 0 saturated heterocycles. The van der Waals surface area contributed by atoms with Gasteiger partial charge in [-0.15, -0.1) is 0 Å². The summed E-state index contributed by atoms with van der Waals surface area (Å²) in [6.07, 6.45) is 0. The van der Waals surface area contributed by atoms with Gasteiger partial charge in [-0.2, -0.15) is 0 Å². The standard InChI is InChI=1S/C20H14Cl2F2N2O3S/c1-26(14-5-3-13(23)4-6-14)30(28,29)15-7-8-17(22)16(11-15)20(27)25-19-9-2-12(21)10-18(19)24/h2-11H,1H3,(H,25,27). The van der Waals surface area contributed by atoms with E-state index in [2.05, 4.69) is 5.32 Å². The van der Waals surface area contributed by atoms with Crippen LogP contribution in [0.15, 0.2) is 65.6 Å². The molecule has 0 saturated carbocycles. The van der Waals surface area contributed by atoms with E-state index in [9.17, 15) is 22.0 Å².